The van der Waals surface area contributed by atoms with Crippen molar-refractivity contribution in [1.82, 2.24) is 10.2 Å². The molecule has 0 radical (unpaired) electrons. The third-order valence-electron chi connectivity index (χ3n) is 4.18. The largest absolute Gasteiger partial charge is 0.480 e. The maximum atomic E-state index is 12.2. The molecule has 0 bridgehead atoms. The third-order valence-corrected chi connectivity index (χ3v) is 5.63. The highest BCUT2D eigenvalue weighted by Crippen LogP contribution is 2.51. The van der Waals surface area contributed by atoms with Gasteiger partial charge in [0, 0.05) is 12.3 Å². The fourth-order valence-electron chi connectivity index (χ4n) is 2.57. The summed E-state index contributed by atoms with van der Waals surface area (Å²) < 4.78 is 0. The number of carboxylic acids is 1. The van der Waals surface area contributed by atoms with Crippen LogP contribution < -0.4 is 5.32 Å². The summed E-state index contributed by atoms with van der Waals surface area (Å²) in [6.07, 6.45) is 1.90. The normalized spacial score (nSPS) is 32.2. The highest BCUT2D eigenvalue weighted by Gasteiger charge is 2.46. The van der Waals surface area contributed by atoms with Crippen LogP contribution in [0.15, 0.2) is 0 Å². The molecular formula is C13H22N2O3S. The van der Waals surface area contributed by atoms with Gasteiger partial charge in [-0.2, -0.15) is 0 Å². The van der Waals surface area contributed by atoms with Crippen LogP contribution in [-0.2, 0) is 4.79 Å². The fourth-order valence-corrected chi connectivity index (χ4v) is 3.91. The van der Waals surface area contributed by atoms with E-state index in [1.807, 2.05) is 6.92 Å². The van der Waals surface area contributed by atoms with Crippen LogP contribution in [-0.4, -0.2) is 45.7 Å². The zero-order valence-electron chi connectivity index (χ0n) is 11.7. The van der Waals surface area contributed by atoms with Crippen molar-refractivity contribution in [3.63, 3.8) is 0 Å². The number of urea groups is 1. The number of aliphatic carboxylic acids is 1. The van der Waals surface area contributed by atoms with Crippen LogP contribution in [0.1, 0.15) is 33.6 Å². The molecule has 2 N–H and O–H groups in total. The number of hydrogen-bond acceptors (Lipinski definition) is 3. The molecule has 2 aliphatic rings. The zero-order chi connectivity index (χ0) is 14.2. The summed E-state index contributed by atoms with van der Waals surface area (Å²) in [5.74, 6) is 0.0938. The molecule has 3 unspecified atom stereocenters. The standard InChI is InChI=1S/C13H22N2O3S/c1-4-10-15(9(7-19-10)11(16)17)12(18)14-6-8-5-13(8,2)3/h8-10H,4-7H2,1-3H3,(H,14,18)(H,16,17). The van der Waals surface area contributed by atoms with Gasteiger partial charge in [0.2, 0.25) is 0 Å². The van der Waals surface area contributed by atoms with Crippen molar-refractivity contribution in [1.29, 1.82) is 0 Å². The monoisotopic (exact) mass is 286 g/mol. The van der Waals surface area contributed by atoms with Gasteiger partial charge in [0.1, 0.15) is 6.04 Å². The van der Waals surface area contributed by atoms with Crippen LogP contribution >= 0.6 is 11.8 Å². The first-order chi connectivity index (χ1) is 8.86. The van der Waals surface area contributed by atoms with Crippen molar-refractivity contribution in [3.05, 3.63) is 0 Å². The minimum atomic E-state index is -0.912. The van der Waals surface area contributed by atoms with Gasteiger partial charge in [-0.05, 0) is 24.2 Å². The Bertz CT molecular complexity index is 386. The lowest BCUT2D eigenvalue weighted by atomic mass is 10.1. The number of carboxylic acid groups (broad SMARTS) is 1. The lowest BCUT2D eigenvalue weighted by molar-refractivity contribution is -0.141. The van der Waals surface area contributed by atoms with E-state index in [1.54, 1.807) is 11.8 Å². The number of hydrogen-bond donors (Lipinski definition) is 2. The van der Waals surface area contributed by atoms with Crippen molar-refractivity contribution < 1.29 is 14.7 Å². The summed E-state index contributed by atoms with van der Waals surface area (Å²) in [6.45, 7) is 7.00. The minimum Gasteiger partial charge on any atom is -0.480 e. The van der Waals surface area contributed by atoms with Crippen LogP contribution in [0.3, 0.4) is 0 Å². The summed E-state index contributed by atoms with van der Waals surface area (Å²) in [7, 11) is 0. The molecule has 3 atom stereocenters. The van der Waals surface area contributed by atoms with E-state index in [9.17, 15) is 14.7 Å². The number of rotatable bonds is 4. The summed E-state index contributed by atoms with van der Waals surface area (Å²) in [4.78, 5) is 24.9. The Morgan fingerprint density at radius 2 is 2.11 bits per heavy atom. The first kappa shape index (κ1) is 14.5. The second kappa shape index (κ2) is 5.23. The van der Waals surface area contributed by atoms with Gasteiger partial charge in [0.15, 0.2) is 0 Å². The van der Waals surface area contributed by atoms with Crippen LogP contribution in [0.5, 0.6) is 0 Å². The van der Waals surface area contributed by atoms with Crippen LogP contribution in [0.2, 0.25) is 0 Å². The maximum Gasteiger partial charge on any atom is 0.327 e. The first-order valence-electron chi connectivity index (χ1n) is 6.77. The number of carbonyl (C=O) groups is 2. The first-order valence-corrected chi connectivity index (χ1v) is 7.82. The molecule has 0 aromatic heterocycles. The summed E-state index contributed by atoms with van der Waals surface area (Å²) >= 11 is 1.55. The van der Waals surface area contributed by atoms with E-state index in [0.717, 1.165) is 12.8 Å². The predicted octanol–water partition coefficient (Wildman–Crippen LogP) is 1.98. The molecule has 108 valence electrons. The Morgan fingerprint density at radius 3 is 2.58 bits per heavy atom. The maximum absolute atomic E-state index is 12.2. The fraction of sp³-hybridized carbons (Fsp3) is 0.846. The molecule has 0 aromatic carbocycles. The quantitative estimate of drug-likeness (QED) is 0.829. The molecule has 2 amide bonds. The number of carbonyl (C=O) groups excluding carboxylic acids is 1. The SMILES string of the molecule is CCC1SCC(C(=O)O)N1C(=O)NCC1CC1(C)C. The van der Waals surface area contributed by atoms with Gasteiger partial charge in [0.25, 0.3) is 0 Å². The molecule has 1 saturated carbocycles. The Balaban J connectivity index is 1.93. The van der Waals surface area contributed by atoms with E-state index in [-0.39, 0.29) is 11.4 Å². The summed E-state index contributed by atoms with van der Waals surface area (Å²) in [5.41, 5.74) is 0.323. The average Bonchev–Trinajstić information content (AvgIpc) is 2.77. The second-order valence-electron chi connectivity index (χ2n) is 6.03. The molecule has 1 saturated heterocycles. The van der Waals surface area contributed by atoms with Crippen LogP contribution in [0.4, 0.5) is 4.79 Å². The molecule has 2 rings (SSSR count). The van der Waals surface area contributed by atoms with E-state index in [4.69, 9.17) is 0 Å². The van der Waals surface area contributed by atoms with Gasteiger partial charge in [-0.1, -0.05) is 20.8 Å². The van der Waals surface area contributed by atoms with Gasteiger partial charge in [-0.25, -0.2) is 9.59 Å². The van der Waals surface area contributed by atoms with Crippen LogP contribution in [0.25, 0.3) is 0 Å². The third kappa shape index (κ3) is 2.99. The number of thioether (sulfide) groups is 1. The van der Waals surface area contributed by atoms with E-state index in [1.165, 1.54) is 4.90 Å². The van der Waals surface area contributed by atoms with E-state index >= 15 is 0 Å². The lowest BCUT2D eigenvalue weighted by Crippen LogP contribution is -2.50. The minimum absolute atomic E-state index is 0.0201. The molecule has 2 fully saturated rings. The highest BCUT2D eigenvalue weighted by atomic mass is 32.2. The molecule has 0 spiro atoms. The van der Waals surface area contributed by atoms with Gasteiger partial charge >= 0.3 is 12.0 Å². The van der Waals surface area contributed by atoms with E-state index < -0.39 is 12.0 Å². The predicted molar refractivity (Wildman–Crippen MR) is 75.1 cm³/mol. The smallest absolute Gasteiger partial charge is 0.327 e. The summed E-state index contributed by atoms with van der Waals surface area (Å²) in [6, 6.07) is -0.922. The van der Waals surface area contributed by atoms with Gasteiger partial charge < -0.3 is 10.4 Å². The Labute approximate surface area is 118 Å². The van der Waals surface area contributed by atoms with Crippen LogP contribution in [0, 0.1) is 11.3 Å². The second-order valence-corrected chi connectivity index (χ2v) is 7.24. The molecule has 19 heavy (non-hydrogen) atoms. The van der Waals surface area contributed by atoms with Gasteiger partial charge in [-0.3, -0.25) is 4.90 Å². The number of nitrogens with one attached hydrogen (secondary N) is 1. The van der Waals surface area contributed by atoms with Crippen molar-refractivity contribution in [2.24, 2.45) is 11.3 Å². The molecule has 6 heteroatoms. The van der Waals surface area contributed by atoms with E-state index in [0.29, 0.717) is 23.6 Å². The lowest BCUT2D eigenvalue weighted by Gasteiger charge is -2.26. The molecule has 1 aliphatic carbocycles. The topological polar surface area (TPSA) is 69.6 Å². The molecular weight excluding hydrogens is 264 g/mol. The molecule has 0 aromatic rings. The number of amides is 2. The Morgan fingerprint density at radius 1 is 1.47 bits per heavy atom. The average molecular weight is 286 g/mol. The van der Waals surface area contributed by atoms with Gasteiger partial charge in [-0.15, -0.1) is 11.8 Å². The molecule has 1 aliphatic heterocycles. The Hall–Kier alpha value is -0.910. The zero-order valence-corrected chi connectivity index (χ0v) is 12.5. The van der Waals surface area contributed by atoms with Crippen molar-refractivity contribution in [2.75, 3.05) is 12.3 Å². The Kier molecular flexibility index (Phi) is 3.99. The number of nitrogens with zero attached hydrogens (tertiary/aromatic N) is 1. The molecule has 1 heterocycles. The van der Waals surface area contributed by atoms with Crippen molar-refractivity contribution >= 4 is 23.8 Å². The summed E-state index contributed by atoms with van der Waals surface area (Å²) in [5, 5.41) is 12.1. The molecule has 5 nitrogen and oxygen atoms in total. The van der Waals surface area contributed by atoms with Gasteiger partial charge in [0.05, 0.1) is 5.37 Å². The highest BCUT2D eigenvalue weighted by molar-refractivity contribution is 8.00. The van der Waals surface area contributed by atoms with Crippen molar-refractivity contribution in [2.45, 2.75) is 45.0 Å². The van der Waals surface area contributed by atoms with Crippen molar-refractivity contribution in [3.8, 4) is 0 Å². The van der Waals surface area contributed by atoms with E-state index in [2.05, 4.69) is 19.2 Å².